The van der Waals surface area contributed by atoms with Crippen molar-refractivity contribution in [3.05, 3.63) is 75.6 Å². The van der Waals surface area contributed by atoms with Gasteiger partial charge < -0.3 is 4.90 Å². The molecule has 1 aliphatic heterocycles. The van der Waals surface area contributed by atoms with Crippen LogP contribution in [0.4, 0.5) is 15.8 Å². The van der Waals surface area contributed by atoms with Crippen molar-refractivity contribution in [2.24, 2.45) is 0 Å². The molecule has 128 valence electrons. The van der Waals surface area contributed by atoms with Gasteiger partial charge in [-0.15, -0.1) is 0 Å². The molecule has 0 saturated heterocycles. The van der Waals surface area contributed by atoms with Crippen LogP contribution in [0.2, 0.25) is 0 Å². The van der Waals surface area contributed by atoms with E-state index in [2.05, 4.69) is 0 Å². The first-order chi connectivity index (χ1) is 12.0. The summed E-state index contributed by atoms with van der Waals surface area (Å²) in [5, 5.41) is 10.7. The number of carbonyl (C=O) groups excluding carboxylic acids is 1. The molecular formula is C19H17FN2O3. The van der Waals surface area contributed by atoms with E-state index >= 15 is 0 Å². The molecule has 5 nitrogen and oxygen atoms in total. The van der Waals surface area contributed by atoms with Crippen molar-refractivity contribution in [2.75, 3.05) is 4.90 Å². The zero-order valence-electron chi connectivity index (χ0n) is 13.7. The molecule has 0 aromatic heterocycles. The Balaban J connectivity index is 1.82. The van der Waals surface area contributed by atoms with Gasteiger partial charge in [0.05, 0.1) is 4.92 Å². The van der Waals surface area contributed by atoms with E-state index in [0.29, 0.717) is 5.56 Å². The second-order valence-corrected chi connectivity index (χ2v) is 6.05. The molecule has 1 unspecified atom stereocenters. The third-order valence-corrected chi connectivity index (χ3v) is 4.33. The molecule has 25 heavy (non-hydrogen) atoms. The smallest absolute Gasteiger partial charge is 0.269 e. The number of nitro benzene ring substituents is 1. The number of anilines is 1. The van der Waals surface area contributed by atoms with Crippen molar-refractivity contribution in [3.63, 3.8) is 0 Å². The number of nitro groups is 1. The number of halogens is 1. The lowest BCUT2D eigenvalue weighted by Crippen LogP contribution is -2.41. The molecule has 2 aromatic rings. The maximum atomic E-state index is 13.4. The minimum Gasteiger partial charge on any atom is -0.306 e. The van der Waals surface area contributed by atoms with E-state index in [4.69, 9.17) is 0 Å². The first-order valence-corrected chi connectivity index (χ1v) is 8.00. The predicted molar refractivity (Wildman–Crippen MR) is 93.8 cm³/mol. The van der Waals surface area contributed by atoms with Gasteiger partial charge in [-0.2, -0.15) is 0 Å². The van der Waals surface area contributed by atoms with Crippen LogP contribution in [-0.2, 0) is 11.2 Å². The van der Waals surface area contributed by atoms with Crippen molar-refractivity contribution >= 4 is 23.4 Å². The van der Waals surface area contributed by atoms with Crippen molar-refractivity contribution in [1.29, 1.82) is 0 Å². The minimum absolute atomic E-state index is 0.00378. The molecule has 0 spiro atoms. The second-order valence-electron chi connectivity index (χ2n) is 6.05. The quantitative estimate of drug-likeness (QED) is 0.480. The average Bonchev–Trinajstić information content (AvgIpc) is 2.60. The van der Waals surface area contributed by atoms with Crippen molar-refractivity contribution in [1.82, 2.24) is 0 Å². The highest BCUT2D eigenvalue weighted by atomic mass is 19.1. The lowest BCUT2D eigenvalue weighted by Gasteiger charge is -2.34. The summed E-state index contributed by atoms with van der Waals surface area (Å²) < 4.78 is 13.4. The molecule has 0 radical (unpaired) electrons. The summed E-state index contributed by atoms with van der Waals surface area (Å²) >= 11 is 0. The molecule has 1 aliphatic rings. The van der Waals surface area contributed by atoms with Gasteiger partial charge in [-0.25, -0.2) is 4.39 Å². The summed E-state index contributed by atoms with van der Waals surface area (Å²) in [6.07, 6.45) is 4.57. The standard InChI is InChI=1S/C19H17FN2O3/c1-13-2-6-15-12-16(20)7-10-18(15)21(13)19(23)11-5-14-3-8-17(9-4-14)22(24)25/h3-5,7-13H,2,6H2,1H3/b11-5+. The number of hydrogen-bond donors (Lipinski definition) is 0. The van der Waals surface area contributed by atoms with Gasteiger partial charge in [0.2, 0.25) is 0 Å². The van der Waals surface area contributed by atoms with Crippen LogP contribution in [0.1, 0.15) is 24.5 Å². The highest BCUT2D eigenvalue weighted by molar-refractivity contribution is 6.05. The van der Waals surface area contributed by atoms with Gasteiger partial charge in [0.1, 0.15) is 5.82 Å². The number of nitrogens with zero attached hydrogens (tertiary/aromatic N) is 2. The Hall–Kier alpha value is -3.02. The predicted octanol–water partition coefficient (Wildman–Crippen LogP) is 4.12. The van der Waals surface area contributed by atoms with E-state index in [-0.39, 0.29) is 23.5 Å². The van der Waals surface area contributed by atoms with Gasteiger partial charge in [0, 0.05) is 29.9 Å². The Morgan fingerprint density at radius 2 is 2.00 bits per heavy atom. The van der Waals surface area contributed by atoms with Crippen LogP contribution in [0.5, 0.6) is 0 Å². The van der Waals surface area contributed by atoms with Crippen LogP contribution >= 0.6 is 0 Å². The van der Waals surface area contributed by atoms with Gasteiger partial charge in [0.25, 0.3) is 11.6 Å². The number of amides is 1. The first kappa shape index (κ1) is 16.8. The van der Waals surface area contributed by atoms with Crippen LogP contribution in [0.15, 0.2) is 48.5 Å². The Kier molecular flexibility index (Phi) is 4.61. The summed E-state index contributed by atoms with van der Waals surface area (Å²) in [6, 6.07) is 10.5. The number of fused-ring (bicyclic) bond motifs is 1. The zero-order valence-corrected chi connectivity index (χ0v) is 13.7. The highest BCUT2D eigenvalue weighted by Crippen LogP contribution is 2.31. The molecular weight excluding hydrogens is 323 g/mol. The zero-order chi connectivity index (χ0) is 18.0. The molecule has 2 aromatic carbocycles. The van der Waals surface area contributed by atoms with Crippen molar-refractivity contribution < 1.29 is 14.1 Å². The molecule has 6 heteroatoms. The fourth-order valence-corrected chi connectivity index (χ4v) is 3.01. The highest BCUT2D eigenvalue weighted by Gasteiger charge is 2.27. The van der Waals surface area contributed by atoms with Gasteiger partial charge >= 0.3 is 0 Å². The molecule has 0 fully saturated rings. The molecule has 0 saturated carbocycles. The van der Waals surface area contributed by atoms with E-state index in [1.54, 1.807) is 29.2 Å². The van der Waals surface area contributed by atoms with Gasteiger partial charge in [0.15, 0.2) is 0 Å². The molecule has 1 heterocycles. The topological polar surface area (TPSA) is 63.5 Å². The number of carbonyl (C=O) groups is 1. The fraction of sp³-hybridized carbons (Fsp3) is 0.211. The van der Waals surface area contributed by atoms with Crippen LogP contribution in [-0.4, -0.2) is 16.9 Å². The normalized spacial score (nSPS) is 16.7. The maximum absolute atomic E-state index is 13.4. The van der Waals surface area contributed by atoms with Crippen molar-refractivity contribution in [3.8, 4) is 0 Å². The van der Waals surface area contributed by atoms with E-state index < -0.39 is 4.92 Å². The van der Waals surface area contributed by atoms with Crippen LogP contribution in [0.25, 0.3) is 6.08 Å². The second kappa shape index (κ2) is 6.84. The largest absolute Gasteiger partial charge is 0.306 e. The molecule has 1 amide bonds. The number of hydrogen-bond acceptors (Lipinski definition) is 3. The summed E-state index contributed by atoms with van der Waals surface area (Å²) in [6.45, 7) is 1.96. The lowest BCUT2D eigenvalue weighted by atomic mass is 9.96. The monoisotopic (exact) mass is 340 g/mol. The third-order valence-electron chi connectivity index (χ3n) is 4.33. The minimum atomic E-state index is -0.468. The van der Waals surface area contributed by atoms with E-state index in [9.17, 15) is 19.3 Å². The summed E-state index contributed by atoms with van der Waals surface area (Å²) in [5.74, 6) is -0.500. The summed E-state index contributed by atoms with van der Waals surface area (Å²) in [7, 11) is 0. The van der Waals surface area contributed by atoms with Gasteiger partial charge in [-0.3, -0.25) is 14.9 Å². The fourth-order valence-electron chi connectivity index (χ4n) is 3.01. The Labute approximate surface area is 144 Å². The van der Waals surface area contributed by atoms with Crippen LogP contribution in [0.3, 0.4) is 0 Å². The number of rotatable bonds is 3. The van der Waals surface area contributed by atoms with Gasteiger partial charge in [-0.1, -0.05) is 0 Å². The SMILES string of the molecule is CC1CCc2cc(F)ccc2N1C(=O)/C=C/c1ccc([N+](=O)[O-])cc1. The molecule has 3 rings (SSSR count). The maximum Gasteiger partial charge on any atom is 0.269 e. The molecule has 1 atom stereocenters. The summed E-state index contributed by atoms with van der Waals surface area (Å²) in [5.41, 5.74) is 2.26. The Morgan fingerprint density at radius 3 is 2.68 bits per heavy atom. The van der Waals surface area contributed by atoms with Crippen molar-refractivity contribution in [2.45, 2.75) is 25.8 Å². The van der Waals surface area contributed by atoms with Crippen LogP contribution < -0.4 is 4.90 Å². The third kappa shape index (κ3) is 3.57. The van der Waals surface area contributed by atoms with E-state index in [1.165, 1.54) is 30.3 Å². The number of non-ortho nitro benzene ring substituents is 1. The van der Waals surface area contributed by atoms with Gasteiger partial charge in [-0.05, 0) is 67.3 Å². The lowest BCUT2D eigenvalue weighted by molar-refractivity contribution is -0.384. The molecule has 0 bridgehead atoms. The number of aryl methyl sites for hydroxylation is 1. The first-order valence-electron chi connectivity index (χ1n) is 8.00. The number of benzene rings is 2. The Bertz CT molecular complexity index is 846. The van der Waals surface area contributed by atoms with Crippen LogP contribution in [0, 0.1) is 15.9 Å². The summed E-state index contributed by atoms with van der Waals surface area (Å²) in [4.78, 5) is 24.5. The Morgan fingerprint density at radius 1 is 1.28 bits per heavy atom. The molecule has 0 N–H and O–H groups in total. The average molecular weight is 340 g/mol. The van der Waals surface area contributed by atoms with E-state index in [0.717, 1.165) is 24.1 Å². The molecule has 0 aliphatic carbocycles. The van der Waals surface area contributed by atoms with E-state index in [1.807, 2.05) is 6.92 Å².